The number of rotatable bonds is 7. The van der Waals surface area contributed by atoms with E-state index in [1.807, 2.05) is 17.5 Å². The molecule has 0 fully saturated rings. The maximum Gasteiger partial charge on any atom is 0.244 e. The molecule has 0 aliphatic heterocycles. The first-order chi connectivity index (χ1) is 9.54. The zero-order chi connectivity index (χ0) is 14.6. The van der Waals surface area contributed by atoms with Crippen molar-refractivity contribution in [3.8, 4) is 10.6 Å². The van der Waals surface area contributed by atoms with E-state index >= 15 is 0 Å². The van der Waals surface area contributed by atoms with Gasteiger partial charge in [-0.05, 0) is 17.9 Å². The summed E-state index contributed by atoms with van der Waals surface area (Å²) < 4.78 is 28.9. The number of aromatic nitrogens is 2. The van der Waals surface area contributed by atoms with Crippen LogP contribution in [-0.4, -0.2) is 24.7 Å². The highest BCUT2D eigenvalue weighted by molar-refractivity contribution is 7.89. The van der Waals surface area contributed by atoms with E-state index in [0.29, 0.717) is 12.2 Å². The van der Waals surface area contributed by atoms with Crippen LogP contribution < -0.4 is 4.72 Å². The fourth-order valence-corrected chi connectivity index (χ4v) is 3.96. The normalized spacial score (nSPS) is 11.9. The lowest BCUT2D eigenvalue weighted by Gasteiger charge is -2.05. The highest BCUT2D eigenvalue weighted by Crippen LogP contribution is 2.29. The molecule has 2 aromatic rings. The van der Waals surface area contributed by atoms with E-state index in [9.17, 15) is 8.42 Å². The Kier molecular flexibility index (Phi) is 4.95. The molecule has 0 atom stereocenters. The van der Waals surface area contributed by atoms with Gasteiger partial charge in [0.05, 0.1) is 4.88 Å². The van der Waals surface area contributed by atoms with Crippen molar-refractivity contribution in [2.45, 2.75) is 31.1 Å². The Bertz CT molecular complexity index is 645. The Hall–Kier alpha value is -1.18. The van der Waals surface area contributed by atoms with Gasteiger partial charge in [0.1, 0.15) is 10.6 Å². The Labute approximate surface area is 123 Å². The topological polar surface area (TPSA) is 64.0 Å². The van der Waals surface area contributed by atoms with E-state index in [1.165, 1.54) is 16.0 Å². The van der Waals surface area contributed by atoms with Gasteiger partial charge in [0.25, 0.3) is 0 Å². The summed E-state index contributed by atoms with van der Waals surface area (Å²) in [4.78, 5) is 1.11. The van der Waals surface area contributed by atoms with Crippen LogP contribution in [0, 0.1) is 0 Å². The van der Waals surface area contributed by atoms with Crippen molar-refractivity contribution in [3.05, 3.63) is 23.7 Å². The highest BCUT2D eigenvalue weighted by atomic mass is 32.2. The van der Waals surface area contributed by atoms with E-state index in [1.54, 1.807) is 13.2 Å². The predicted molar refractivity (Wildman–Crippen MR) is 81.2 cm³/mol. The molecule has 0 aliphatic rings. The van der Waals surface area contributed by atoms with Crippen molar-refractivity contribution in [1.82, 2.24) is 14.5 Å². The van der Waals surface area contributed by atoms with Gasteiger partial charge in [-0.3, -0.25) is 4.68 Å². The molecule has 0 amide bonds. The molecule has 110 valence electrons. The van der Waals surface area contributed by atoms with Crippen molar-refractivity contribution in [2.75, 3.05) is 6.54 Å². The first-order valence-corrected chi connectivity index (χ1v) is 8.98. The number of nitrogens with zero attached hydrogens (tertiary/aromatic N) is 2. The van der Waals surface area contributed by atoms with Crippen molar-refractivity contribution in [3.63, 3.8) is 0 Å². The molecule has 0 radical (unpaired) electrons. The van der Waals surface area contributed by atoms with Crippen LogP contribution in [0.1, 0.15) is 26.2 Å². The summed E-state index contributed by atoms with van der Waals surface area (Å²) in [6, 6.07) is 3.77. The van der Waals surface area contributed by atoms with E-state index in [2.05, 4.69) is 16.7 Å². The average molecular weight is 313 g/mol. The van der Waals surface area contributed by atoms with Gasteiger partial charge < -0.3 is 0 Å². The summed E-state index contributed by atoms with van der Waals surface area (Å²) in [7, 11) is -1.77. The van der Waals surface area contributed by atoms with Crippen LogP contribution in [0.4, 0.5) is 0 Å². The molecule has 0 aliphatic carbocycles. The Morgan fingerprint density at radius 1 is 1.40 bits per heavy atom. The number of hydrogen-bond acceptors (Lipinski definition) is 4. The van der Waals surface area contributed by atoms with Crippen LogP contribution in [0.25, 0.3) is 10.6 Å². The third-order valence-corrected chi connectivity index (χ3v) is 5.25. The highest BCUT2D eigenvalue weighted by Gasteiger charge is 2.23. The zero-order valence-electron chi connectivity index (χ0n) is 11.7. The molecule has 2 rings (SSSR count). The van der Waals surface area contributed by atoms with Gasteiger partial charge in [-0.2, -0.15) is 5.10 Å². The largest absolute Gasteiger partial charge is 0.274 e. The van der Waals surface area contributed by atoms with Crippen LogP contribution in [0.5, 0.6) is 0 Å². The van der Waals surface area contributed by atoms with Crippen molar-refractivity contribution in [2.24, 2.45) is 7.05 Å². The third kappa shape index (κ3) is 3.47. The lowest BCUT2D eigenvalue weighted by atomic mass is 10.3. The van der Waals surface area contributed by atoms with Gasteiger partial charge in [0.2, 0.25) is 10.0 Å². The molecule has 2 aromatic heterocycles. The lowest BCUT2D eigenvalue weighted by molar-refractivity contribution is 0.576. The van der Waals surface area contributed by atoms with Crippen LogP contribution in [0.15, 0.2) is 28.6 Å². The Balaban J connectivity index is 2.23. The van der Waals surface area contributed by atoms with Crippen LogP contribution in [0.2, 0.25) is 0 Å². The van der Waals surface area contributed by atoms with E-state index in [-0.39, 0.29) is 4.90 Å². The Morgan fingerprint density at radius 2 is 2.20 bits per heavy atom. The molecule has 20 heavy (non-hydrogen) atoms. The molecule has 5 nitrogen and oxygen atoms in total. The molecule has 7 heteroatoms. The number of unbranched alkanes of at least 4 members (excludes halogenated alkanes) is 2. The summed E-state index contributed by atoms with van der Waals surface area (Å²) in [6.07, 6.45) is 4.49. The van der Waals surface area contributed by atoms with Crippen LogP contribution in [-0.2, 0) is 17.1 Å². The minimum absolute atomic E-state index is 0.249. The predicted octanol–water partition coefficient (Wildman–Crippen LogP) is 2.62. The maximum atomic E-state index is 12.4. The molecule has 1 N–H and O–H groups in total. The van der Waals surface area contributed by atoms with E-state index in [0.717, 1.165) is 24.1 Å². The number of sulfonamides is 1. The molecular weight excluding hydrogens is 294 g/mol. The summed E-state index contributed by atoms with van der Waals surface area (Å²) in [5.41, 5.74) is 0.519. The molecule has 2 heterocycles. The number of nitrogens with one attached hydrogen (secondary N) is 1. The maximum absolute atomic E-state index is 12.4. The molecular formula is C13H19N3O2S2. The molecule has 0 saturated carbocycles. The van der Waals surface area contributed by atoms with E-state index < -0.39 is 10.0 Å². The molecule has 0 aromatic carbocycles. The van der Waals surface area contributed by atoms with Gasteiger partial charge in [-0.1, -0.05) is 25.8 Å². The van der Waals surface area contributed by atoms with Crippen molar-refractivity contribution < 1.29 is 8.42 Å². The van der Waals surface area contributed by atoms with Gasteiger partial charge in [-0.15, -0.1) is 11.3 Å². The summed E-state index contributed by atoms with van der Waals surface area (Å²) in [5.74, 6) is 0. The number of thiophene rings is 1. The fraction of sp³-hybridized carbons (Fsp3) is 0.462. The minimum atomic E-state index is -3.50. The zero-order valence-corrected chi connectivity index (χ0v) is 13.3. The smallest absolute Gasteiger partial charge is 0.244 e. The average Bonchev–Trinajstić information content (AvgIpc) is 3.03. The monoisotopic (exact) mass is 313 g/mol. The second-order valence-electron chi connectivity index (χ2n) is 4.60. The second-order valence-corrected chi connectivity index (χ2v) is 7.28. The first kappa shape index (κ1) is 15.2. The standard InChI is InChI=1S/C13H19N3O2S2/c1-3-4-5-8-14-20(17,18)12-10-16(2)15-13(12)11-7-6-9-19-11/h6-7,9-10,14H,3-5,8H2,1-2H3. The molecule has 0 saturated heterocycles. The second kappa shape index (κ2) is 6.51. The number of aryl methyl sites for hydroxylation is 1. The van der Waals surface area contributed by atoms with Gasteiger partial charge >= 0.3 is 0 Å². The van der Waals surface area contributed by atoms with Crippen LogP contribution >= 0.6 is 11.3 Å². The fourth-order valence-electron chi connectivity index (χ4n) is 1.91. The summed E-state index contributed by atoms with van der Waals surface area (Å²) in [6.45, 7) is 2.56. The lowest BCUT2D eigenvalue weighted by Crippen LogP contribution is -2.24. The molecule has 0 spiro atoms. The minimum Gasteiger partial charge on any atom is -0.274 e. The molecule has 0 bridgehead atoms. The SMILES string of the molecule is CCCCCNS(=O)(=O)c1cn(C)nc1-c1cccs1. The van der Waals surface area contributed by atoms with Crippen LogP contribution in [0.3, 0.4) is 0 Å². The number of hydrogen-bond donors (Lipinski definition) is 1. The summed E-state index contributed by atoms with van der Waals surface area (Å²) in [5, 5.41) is 6.18. The van der Waals surface area contributed by atoms with Crippen molar-refractivity contribution in [1.29, 1.82) is 0 Å². The third-order valence-electron chi connectivity index (χ3n) is 2.91. The molecule has 0 unspecified atom stereocenters. The van der Waals surface area contributed by atoms with Crippen molar-refractivity contribution >= 4 is 21.4 Å². The van der Waals surface area contributed by atoms with E-state index in [4.69, 9.17) is 0 Å². The first-order valence-electron chi connectivity index (χ1n) is 6.62. The quantitative estimate of drug-likeness (QED) is 0.799. The van der Waals surface area contributed by atoms with Gasteiger partial charge in [0, 0.05) is 19.8 Å². The van der Waals surface area contributed by atoms with Gasteiger partial charge in [-0.25, -0.2) is 13.1 Å². The van der Waals surface area contributed by atoms with Gasteiger partial charge in [0.15, 0.2) is 0 Å². The Morgan fingerprint density at radius 3 is 2.85 bits per heavy atom. The summed E-state index contributed by atoms with van der Waals surface area (Å²) >= 11 is 1.48.